The van der Waals surface area contributed by atoms with Crippen LogP contribution in [0.5, 0.6) is 0 Å². The van der Waals surface area contributed by atoms with Gasteiger partial charge in [0, 0.05) is 5.02 Å². The van der Waals surface area contributed by atoms with E-state index in [4.69, 9.17) is 34.8 Å². The zero-order chi connectivity index (χ0) is 10.9. The molecule has 7 heteroatoms. The lowest BCUT2D eigenvalue weighted by Crippen LogP contribution is -2.21. The average Bonchev–Trinajstić information content (AvgIpc) is 1.95. The molecule has 0 aliphatic heterocycles. The molecular formula is C7H3Cl3F3N. The smallest absolute Gasteiger partial charge is 0.295 e. The van der Waals surface area contributed by atoms with Gasteiger partial charge in [0.15, 0.2) is 0 Å². The molecule has 0 amide bonds. The summed E-state index contributed by atoms with van der Waals surface area (Å²) in [5, 5.41) is 1.03. The van der Waals surface area contributed by atoms with Gasteiger partial charge in [-0.25, -0.2) is 0 Å². The third kappa shape index (κ3) is 3.12. The van der Waals surface area contributed by atoms with Crippen molar-refractivity contribution >= 4 is 40.5 Å². The molecule has 0 unspecified atom stereocenters. The van der Waals surface area contributed by atoms with E-state index in [1.807, 2.05) is 0 Å². The normalized spacial score (nSPS) is 11.6. The number of hydrogen-bond donors (Lipinski definition) is 1. The van der Waals surface area contributed by atoms with Crippen LogP contribution >= 0.6 is 34.8 Å². The van der Waals surface area contributed by atoms with Crippen molar-refractivity contribution in [3.05, 3.63) is 27.2 Å². The van der Waals surface area contributed by atoms with Crippen molar-refractivity contribution < 1.29 is 13.2 Å². The highest BCUT2D eigenvalue weighted by atomic mass is 35.5. The fraction of sp³-hybridized carbons (Fsp3) is 0.143. The van der Waals surface area contributed by atoms with Gasteiger partial charge in [0.2, 0.25) is 0 Å². The van der Waals surface area contributed by atoms with Crippen molar-refractivity contribution in [2.75, 3.05) is 5.32 Å². The maximum absolute atomic E-state index is 11.9. The molecule has 0 atom stereocenters. The molecule has 0 aromatic heterocycles. The van der Waals surface area contributed by atoms with Crippen LogP contribution in [0.15, 0.2) is 12.1 Å². The fourth-order valence-corrected chi connectivity index (χ4v) is 1.71. The maximum atomic E-state index is 11.9. The topological polar surface area (TPSA) is 12.0 Å². The highest BCUT2D eigenvalue weighted by Gasteiger charge is 2.29. The molecular weight excluding hydrogens is 261 g/mol. The molecule has 78 valence electrons. The second-order valence-corrected chi connectivity index (χ2v) is 3.62. The number of hydrogen-bond acceptors (Lipinski definition) is 1. The fourth-order valence-electron chi connectivity index (χ4n) is 0.803. The number of nitrogens with one attached hydrogen (secondary N) is 1. The second-order valence-electron chi connectivity index (χ2n) is 2.37. The summed E-state index contributed by atoms with van der Waals surface area (Å²) in [6, 6.07) is 2.34. The largest absolute Gasteiger partial charge is 0.482 e. The first kappa shape index (κ1) is 11.8. The Morgan fingerprint density at radius 1 is 1.00 bits per heavy atom. The number of anilines is 1. The van der Waals surface area contributed by atoms with Crippen molar-refractivity contribution in [1.29, 1.82) is 0 Å². The van der Waals surface area contributed by atoms with Gasteiger partial charge in [-0.05, 0) is 12.1 Å². The Morgan fingerprint density at radius 3 is 1.79 bits per heavy atom. The van der Waals surface area contributed by atoms with E-state index >= 15 is 0 Å². The monoisotopic (exact) mass is 263 g/mol. The molecule has 0 heterocycles. The summed E-state index contributed by atoms with van der Waals surface area (Å²) in [7, 11) is 0. The van der Waals surface area contributed by atoms with Gasteiger partial charge in [-0.1, -0.05) is 34.8 Å². The second kappa shape index (κ2) is 4.04. The van der Waals surface area contributed by atoms with Gasteiger partial charge in [-0.15, -0.1) is 0 Å². The highest BCUT2D eigenvalue weighted by Crippen LogP contribution is 2.36. The van der Waals surface area contributed by atoms with Crippen LogP contribution in [-0.4, -0.2) is 6.30 Å². The summed E-state index contributed by atoms with van der Waals surface area (Å²) < 4.78 is 35.8. The summed E-state index contributed by atoms with van der Waals surface area (Å²) >= 11 is 16.5. The highest BCUT2D eigenvalue weighted by molar-refractivity contribution is 6.41. The number of halogens is 6. The molecule has 1 aromatic carbocycles. The summed E-state index contributed by atoms with van der Waals surface area (Å²) in [4.78, 5) is 0. The van der Waals surface area contributed by atoms with Gasteiger partial charge in [-0.2, -0.15) is 13.2 Å². The standard InChI is InChI=1S/C7H3Cl3F3N/c8-3-1-4(9)6(5(10)2-3)14-7(11,12)13/h1-2,14H. The molecule has 1 N–H and O–H groups in total. The van der Waals surface area contributed by atoms with Gasteiger partial charge in [0.25, 0.3) is 0 Å². The molecule has 0 bridgehead atoms. The van der Waals surface area contributed by atoms with Crippen molar-refractivity contribution in [2.45, 2.75) is 6.30 Å². The number of alkyl halides is 3. The van der Waals surface area contributed by atoms with Crippen LogP contribution in [0.3, 0.4) is 0 Å². The van der Waals surface area contributed by atoms with Crippen LogP contribution < -0.4 is 5.32 Å². The van der Waals surface area contributed by atoms with Crippen LogP contribution in [0.2, 0.25) is 15.1 Å². The maximum Gasteiger partial charge on any atom is 0.482 e. The minimum absolute atomic E-state index is 0.174. The van der Waals surface area contributed by atoms with Gasteiger partial charge < -0.3 is 0 Å². The van der Waals surface area contributed by atoms with E-state index < -0.39 is 12.0 Å². The predicted molar refractivity (Wildman–Crippen MR) is 51.1 cm³/mol. The molecule has 0 saturated carbocycles. The SMILES string of the molecule is FC(F)(F)Nc1c(Cl)cc(Cl)cc1Cl. The van der Waals surface area contributed by atoms with Crippen LogP contribution in [0.4, 0.5) is 18.9 Å². The first-order valence-corrected chi connectivity index (χ1v) is 4.42. The lowest BCUT2D eigenvalue weighted by molar-refractivity contribution is -0.0999. The van der Waals surface area contributed by atoms with Crippen LogP contribution in [0.1, 0.15) is 0 Å². The van der Waals surface area contributed by atoms with E-state index in [9.17, 15) is 13.2 Å². The first-order chi connectivity index (χ1) is 6.29. The van der Waals surface area contributed by atoms with Gasteiger partial charge >= 0.3 is 6.30 Å². The third-order valence-corrected chi connectivity index (χ3v) is 2.09. The van der Waals surface area contributed by atoms with Gasteiger partial charge in [-0.3, -0.25) is 5.32 Å². The van der Waals surface area contributed by atoms with Crippen molar-refractivity contribution in [1.82, 2.24) is 0 Å². The Kier molecular flexibility index (Phi) is 3.40. The van der Waals surface area contributed by atoms with E-state index in [-0.39, 0.29) is 15.1 Å². The van der Waals surface area contributed by atoms with E-state index in [2.05, 4.69) is 0 Å². The number of benzene rings is 1. The van der Waals surface area contributed by atoms with Crippen LogP contribution in [0, 0.1) is 0 Å². The molecule has 0 saturated heterocycles. The molecule has 14 heavy (non-hydrogen) atoms. The Labute approximate surface area is 92.8 Å². The predicted octanol–water partition coefficient (Wildman–Crippen LogP) is 4.58. The van der Waals surface area contributed by atoms with E-state index in [0.29, 0.717) is 0 Å². The molecule has 1 nitrogen and oxygen atoms in total. The van der Waals surface area contributed by atoms with E-state index in [1.165, 1.54) is 17.4 Å². The molecule has 0 spiro atoms. The quantitative estimate of drug-likeness (QED) is 0.732. The minimum atomic E-state index is -4.58. The zero-order valence-corrected chi connectivity index (χ0v) is 8.69. The average molecular weight is 264 g/mol. The lowest BCUT2D eigenvalue weighted by Gasteiger charge is -2.13. The van der Waals surface area contributed by atoms with E-state index in [1.54, 1.807) is 0 Å². The lowest BCUT2D eigenvalue weighted by atomic mass is 10.3. The molecule has 0 radical (unpaired) electrons. The Balaban J connectivity index is 3.09. The minimum Gasteiger partial charge on any atom is -0.295 e. The summed E-state index contributed by atoms with van der Waals surface area (Å²) in [6.07, 6.45) is -4.58. The van der Waals surface area contributed by atoms with Gasteiger partial charge in [0.1, 0.15) is 0 Å². The Morgan fingerprint density at radius 2 is 1.43 bits per heavy atom. The van der Waals surface area contributed by atoms with Crippen molar-refractivity contribution in [3.63, 3.8) is 0 Å². The summed E-state index contributed by atoms with van der Waals surface area (Å²) in [5.74, 6) is 0. The molecule has 1 aromatic rings. The Hall–Kier alpha value is -0.320. The Bertz CT molecular complexity index is 328. The summed E-state index contributed by atoms with van der Waals surface area (Å²) in [6.45, 7) is 0. The third-order valence-electron chi connectivity index (χ3n) is 1.27. The van der Waals surface area contributed by atoms with E-state index in [0.717, 1.165) is 0 Å². The molecule has 0 aliphatic carbocycles. The van der Waals surface area contributed by atoms with Crippen molar-refractivity contribution in [3.8, 4) is 0 Å². The van der Waals surface area contributed by atoms with Crippen molar-refractivity contribution in [2.24, 2.45) is 0 Å². The number of rotatable bonds is 1. The first-order valence-electron chi connectivity index (χ1n) is 3.29. The zero-order valence-electron chi connectivity index (χ0n) is 6.42. The molecule has 0 aliphatic rings. The van der Waals surface area contributed by atoms with Gasteiger partial charge in [0.05, 0.1) is 15.7 Å². The van der Waals surface area contributed by atoms with Crippen LogP contribution in [0.25, 0.3) is 0 Å². The molecule has 0 fully saturated rings. The summed E-state index contributed by atoms with van der Waals surface area (Å²) in [5.41, 5.74) is -0.398. The molecule has 1 rings (SSSR count). The van der Waals surface area contributed by atoms with Crippen LogP contribution in [-0.2, 0) is 0 Å².